The molecule has 0 saturated heterocycles. The average molecular weight is 277 g/mol. The summed E-state index contributed by atoms with van der Waals surface area (Å²) in [7, 11) is 1.34. The Morgan fingerprint density at radius 1 is 1.67 bits per heavy atom. The second-order valence-corrected chi connectivity index (χ2v) is 3.70. The molecule has 0 spiro atoms. The molecule has 3 nitrogen and oxygen atoms in total. The first kappa shape index (κ1) is 12.0. The van der Waals surface area contributed by atoms with Gasteiger partial charge >= 0.3 is 0 Å². The minimum atomic E-state index is -0.502. The topological polar surface area (TPSA) is 46.5 Å². The van der Waals surface area contributed by atoms with E-state index < -0.39 is 5.82 Å². The summed E-state index contributed by atoms with van der Waals surface area (Å²) < 4.78 is 18.5. The van der Waals surface area contributed by atoms with Gasteiger partial charge in [0, 0.05) is 18.1 Å². The first-order chi connectivity index (χ1) is 7.11. The molecule has 15 heavy (non-hydrogen) atoms. The van der Waals surface area contributed by atoms with E-state index in [9.17, 15) is 14.3 Å². The Morgan fingerprint density at radius 3 is 2.87 bits per heavy atom. The molecule has 5 heteroatoms. The van der Waals surface area contributed by atoms with Gasteiger partial charge in [-0.25, -0.2) is 4.39 Å². The maximum atomic E-state index is 13.5. The van der Waals surface area contributed by atoms with E-state index in [2.05, 4.69) is 15.9 Å². The van der Waals surface area contributed by atoms with Crippen LogP contribution in [-0.2, 0) is 11.2 Å². The molecule has 0 amide bonds. The second-order valence-electron chi connectivity index (χ2n) is 2.91. The molecule has 1 N–H and O–H groups in total. The highest BCUT2D eigenvalue weighted by atomic mass is 79.9. The van der Waals surface area contributed by atoms with Gasteiger partial charge < -0.3 is 14.6 Å². The molecule has 0 aliphatic carbocycles. The lowest BCUT2D eigenvalue weighted by atomic mass is 10.1. The Kier molecular flexibility index (Phi) is 4.08. The Morgan fingerprint density at radius 2 is 2.33 bits per heavy atom. The van der Waals surface area contributed by atoms with Crippen molar-refractivity contribution in [3.8, 4) is 11.5 Å². The van der Waals surface area contributed by atoms with E-state index in [4.69, 9.17) is 4.74 Å². The molecule has 1 rings (SSSR count). The average Bonchev–Trinajstić information content (AvgIpc) is 2.23. The zero-order valence-electron chi connectivity index (χ0n) is 8.09. The number of hydrogen-bond donors (Lipinski definition) is 1. The number of carbonyl (C=O) groups is 1. The molecule has 0 aromatic heterocycles. The number of halogens is 2. The zero-order chi connectivity index (χ0) is 11.4. The molecule has 0 aliphatic rings. The number of phenolic OH excluding ortho intramolecular Hbond substituents is 1. The second kappa shape index (κ2) is 5.11. The maximum Gasteiger partial charge on any atom is 0.172 e. The largest absolute Gasteiger partial charge is 0.503 e. The number of ether oxygens (including phenoxy) is 1. The smallest absolute Gasteiger partial charge is 0.172 e. The van der Waals surface area contributed by atoms with Gasteiger partial charge in [-0.3, -0.25) is 0 Å². The Labute approximate surface area is 95.0 Å². The van der Waals surface area contributed by atoms with Crippen LogP contribution in [0, 0.1) is 5.82 Å². The van der Waals surface area contributed by atoms with Gasteiger partial charge in [-0.15, -0.1) is 0 Å². The predicted molar refractivity (Wildman–Crippen MR) is 56.7 cm³/mol. The summed E-state index contributed by atoms with van der Waals surface area (Å²) in [4.78, 5) is 10.2. The van der Waals surface area contributed by atoms with Crippen molar-refractivity contribution in [3.05, 3.63) is 21.9 Å². The summed E-state index contributed by atoms with van der Waals surface area (Å²) >= 11 is 3.07. The quantitative estimate of drug-likeness (QED) is 0.860. The Bertz CT molecular complexity index is 379. The molecular formula is C10H10BrFO3. The Hall–Kier alpha value is -1.10. The van der Waals surface area contributed by atoms with Gasteiger partial charge in [0.2, 0.25) is 0 Å². The van der Waals surface area contributed by atoms with Gasteiger partial charge in [-0.05, 0) is 22.4 Å². The molecule has 1 aromatic carbocycles. The number of rotatable bonds is 4. The maximum absolute atomic E-state index is 13.5. The third-order valence-electron chi connectivity index (χ3n) is 1.98. The SMILES string of the molecule is COc1cc(F)c(CCC=O)c(Br)c1O. The van der Waals surface area contributed by atoms with Crippen molar-refractivity contribution in [1.82, 2.24) is 0 Å². The molecule has 0 fully saturated rings. The van der Waals surface area contributed by atoms with E-state index >= 15 is 0 Å². The monoisotopic (exact) mass is 276 g/mol. The summed E-state index contributed by atoms with van der Waals surface area (Å²) in [5, 5.41) is 9.58. The van der Waals surface area contributed by atoms with Crippen LogP contribution in [0.4, 0.5) is 4.39 Å². The molecule has 0 bridgehead atoms. The number of aldehydes is 1. The molecule has 0 aliphatic heterocycles. The van der Waals surface area contributed by atoms with Gasteiger partial charge in [0.1, 0.15) is 12.1 Å². The number of hydrogen-bond acceptors (Lipinski definition) is 3. The molecular weight excluding hydrogens is 267 g/mol. The van der Waals surface area contributed by atoms with Crippen molar-refractivity contribution in [2.24, 2.45) is 0 Å². The highest BCUT2D eigenvalue weighted by molar-refractivity contribution is 9.10. The van der Waals surface area contributed by atoms with Crippen LogP contribution in [0.15, 0.2) is 10.5 Å². The van der Waals surface area contributed by atoms with Crippen molar-refractivity contribution >= 4 is 22.2 Å². The third-order valence-corrected chi connectivity index (χ3v) is 2.84. The van der Waals surface area contributed by atoms with E-state index in [1.165, 1.54) is 7.11 Å². The van der Waals surface area contributed by atoms with Crippen LogP contribution in [0.3, 0.4) is 0 Å². The van der Waals surface area contributed by atoms with Crippen LogP contribution >= 0.6 is 15.9 Å². The van der Waals surface area contributed by atoms with Crippen LogP contribution in [0.1, 0.15) is 12.0 Å². The van der Waals surface area contributed by atoms with Gasteiger partial charge in [-0.1, -0.05) is 0 Å². The fraction of sp³-hybridized carbons (Fsp3) is 0.300. The predicted octanol–water partition coefficient (Wildman–Crippen LogP) is 2.43. The van der Waals surface area contributed by atoms with Gasteiger partial charge in [0.05, 0.1) is 11.6 Å². The molecule has 0 saturated carbocycles. The van der Waals surface area contributed by atoms with Gasteiger partial charge in [0.25, 0.3) is 0 Å². The standard InChI is InChI=1S/C10H10BrFO3/c1-15-8-5-7(12)6(3-2-4-13)9(11)10(8)14/h4-5,14H,2-3H2,1H3. The van der Waals surface area contributed by atoms with Crippen LogP contribution in [-0.4, -0.2) is 18.5 Å². The van der Waals surface area contributed by atoms with Crippen LogP contribution in [0.5, 0.6) is 11.5 Å². The van der Waals surface area contributed by atoms with E-state index in [-0.39, 0.29) is 34.4 Å². The summed E-state index contributed by atoms with van der Waals surface area (Å²) in [6.07, 6.45) is 1.15. The minimum absolute atomic E-state index is 0.0641. The highest BCUT2D eigenvalue weighted by Gasteiger charge is 2.15. The highest BCUT2D eigenvalue weighted by Crippen LogP contribution is 2.38. The Balaban J connectivity index is 3.16. The number of benzene rings is 1. The lowest BCUT2D eigenvalue weighted by molar-refractivity contribution is -0.107. The summed E-state index contributed by atoms with van der Waals surface area (Å²) in [5.41, 5.74) is 0.278. The molecule has 0 heterocycles. The van der Waals surface area contributed by atoms with Crippen molar-refractivity contribution < 1.29 is 19.0 Å². The van der Waals surface area contributed by atoms with Gasteiger partial charge in [-0.2, -0.15) is 0 Å². The van der Waals surface area contributed by atoms with Crippen LogP contribution in [0.25, 0.3) is 0 Å². The summed E-state index contributed by atoms with van der Waals surface area (Å²) in [6.45, 7) is 0. The van der Waals surface area contributed by atoms with E-state index in [0.717, 1.165) is 6.07 Å². The number of carbonyl (C=O) groups excluding carboxylic acids is 1. The van der Waals surface area contributed by atoms with Crippen molar-refractivity contribution in [1.29, 1.82) is 0 Å². The zero-order valence-corrected chi connectivity index (χ0v) is 9.67. The third kappa shape index (κ3) is 2.47. The van der Waals surface area contributed by atoms with E-state index in [1.54, 1.807) is 0 Å². The van der Waals surface area contributed by atoms with Crippen LogP contribution in [0.2, 0.25) is 0 Å². The summed E-state index contributed by atoms with van der Waals surface area (Å²) in [6, 6.07) is 1.10. The lowest BCUT2D eigenvalue weighted by Gasteiger charge is -2.10. The number of phenols is 1. The minimum Gasteiger partial charge on any atom is -0.503 e. The van der Waals surface area contributed by atoms with E-state index in [0.29, 0.717) is 6.29 Å². The van der Waals surface area contributed by atoms with Crippen molar-refractivity contribution in [3.63, 3.8) is 0 Å². The fourth-order valence-electron chi connectivity index (χ4n) is 1.21. The molecule has 1 aromatic rings. The molecule has 82 valence electrons. The fourth-order valence-corrected chi connectivity index (χ4v) is 1.80. The first-order valence-electron chi connectivity index (χ1n) is 4.29. The normalized spacial score (nSPS) is 10.1. The number of methoxy groups -OCH3 is 1. The number of aromatic hydroxyl groups is 1. The van der Waals surface area contributed by atoms with Gasteiger partial charge in [0.15, 0.2) is 11.5 Å². The lowest BCUT2D eigenvalue weighted by Crippen LogP contribution is -1.96. The first-order valence-corrected chi connectivity index (χ1v) is 5.08. The molecule has 0 radical (unpaired) electrons. The summed E-state index contributed by atoms with van der Waals surface area (Å²) in [5.74, 6) is -0.590. The van der Waals surface area contributed by atoms with Crippen LogP contribution < -0.4 is 4.74 Å². The molecule has 0 atom stereocenters. The van der Waals surface area contributed by atoms with Crippen molar-refractivity contribution in [2.75, 3.05) is 7.11 Å². The van der Waals surface area contributed by atoms with E-state index in [1.807, 2.05) is 0 Å². The molecule has 0 unspecified atom stereocenters. The van der Waals surface area contributed by atoms with Crippen molar-refractivity contribution in [2.45, 2.75) is 12.8 Å².